The Bertz CT molecular complexity index is 874. The highest BCUT2D eigenvalue weighted by atomic mass is 19.1. The van der Waals surface area contributed by atoms with Crippen LogP contribution < -0.4 is 10.5 Å². The van der Waals surface area contributed by atoms with Crippen LogP contribution in [0.1, 0.15) is 10.5 Å². The van der Waals surface area contributed by atoms with E-state index in [1.54, 1.807) is 18.2 Å². The van der Waals surface area contributed by atoms with Crippen LogP contribution in [0.5, 0.6) is 5.75 Å². The van der Waals surface area contributed by atoms with Gasteiger partial charge in [0.15, 0.2) is 0 Å². The van der Waals surface area contributed by atoms with Crippen LogP contribution in [-0.2, 0) is 4.74 Å². The maximum absolute atomic E-state index is 12.8. The van der Waals surface area contributed by atoms with Crippen molar-refractivity contribution in [3.05, 3.63) is 47.9 Å². The molecule has 1 aromatic carbocycles. The number of rotatable bonds is 5. The Morgan fingerprint density at radius 1 is 1.30 bits per heavy atom. The molecule has 2 aliphatic heterocycles. The van der Waals surface area contributed by atoms with Gasteiger partial charge in [-0.2, -0.15) is 0 Å². The van der Waals surface area contributed by atoms with E-state index in [0.717, 1.165) is 37.2 Å². The summed E-state index contributed by atoms with van der Waals surface area (Å²) in [7, 11) is 0. The van der Waals surface area contributed by atoms with Crippen molar-refractivity contribution in [1.29, 1.82) is 0 Å². The summed E-state index contributed by atoms with van der Waals surface area (Å²) in [5.74, 6) is 1.47. The molecule has 142 valence electrons. The fourth-order valence-corrected chi connectivity index (χ4v) is 3.64. The van der Waals surface area contributed by atoms with Gasteiger partial charge in [-0.1, -0.05) is 6.07 Å². The Kier molecular flexibility index (Phi) is 5.05. The predicted octanol–water partition coefficient (Wildman–Crippen LogP) is 2.14. The second kappa shape index (κ2) is 7.62. The van der Waals surface area contributed by atoms with Gasteiger partial charge in [0, 0.05) is 42.4 Å². The number of carbonyl (C=O) groups excluding carboxylic acids is 1. The molecule has 0 radical (unpaired) electrons. The highest BCUT2D eigenvalue weighted by molar-refractivity contribution is 5.95. The predicted molar refractivity (Wildman–Crippen MR) is 99.2 cm³/mol. The van der Waals surface area contributed by atoms with Crippen LogP contribution in [0.25, 0.3) is 10.9 Å². The number of halogens is 1. The van der Waals surface area contributed by atoms with E-state index >= 15 is 0 Å². The maximum Gasteiger partial charge on any atom is 0.272 e. The van der Waals surface area contributed by atoms with Gasteiger partial charge in [0.2, 0.25) is 0 Å². The molecule has 0 saturated carbocycles. The number of nitrogens with zero attached hydrogens (tertiary/aromatic N) is 2. The van der Waals surface area contributed by atoms with Crippen molar-refractivity contribution in [2.75, 3.05) is 39.5 Å². The lowest BCUT2D eigenvalue weighted by molar-refractivity contribution is 0.0746. The fraction of sp³-hybridized carbons (Fsp3) is 0.400. The summed E-state index contributed by atoms with van der Waals surface area (Å²) in [6, 6.07) is 8.98. The van der Waals surface area contributed by atoms with E-state index in [1.165, 1.54) is 0 Å². The van der Waals surface area contributed by atoms with Crippen molar-refractivity contribution >= 4 is 16.8 Å². The van der Waals surface area contributed by atoms with Crippen LogP contribution in [0.4, 0.5) is 4.39 Å². The topological polar surface area (TPSA) is 77.7 Å². The van der Waals surface area contributed by atoms with Crippen molar-refractivity contribution in [3.63, 3.8) is 0 Å². The molecule has 6 nitrogen and oxygen atoms in total. The maximum atomic E-state index is 12.8. The number of hydrogen-bond acceptors (Lipinski definition) is 5. The zero-order valence-corrected chi connectivity index (χ0v) is 14.9. The van der Waals surface area contributed by atoms with Crippen molar-refractivity contribution < 1.29 is 18.7 Å². The summed E-state index contributed by atoms with van der Waals surface area (Å²) in [5, 5.41) is 0.856. The molecule has 2 aromatic rings. The quantitative estimate of drug-likeness (QED) is 0.871. The number of likely N-dealkylation sites (tertiary alicyclic amines) is 1. The van der Waals surface area contributed by atoms with Crippen LogP contribution in [-0.4, -0.2) is 55.2 Å². The summed E-state index contributed by atoms with van der Waals surface area (Å²) in [5.41, 5.74) is 6.97. The van der Waals surface area contributed by atoms with Crippen LogP contribution in [0.3, 0.4) is 0 Å². The average molecular weight is 371 g/mol. The van der Waals surface area contributed by atoms with Gasteiger partial charge in [-0.3, -0.25) is 4.79 Å². The smallest absolute Gasteiger partial charge is 0.272 e. The van der Waals surface area contributed by atoms with Gasteiger partial charge in [0.25, 0.3) is 5.91 Å². The molecule has 2 saturated heterocycles. The van der Waals surface area contributed by atoms with Gasteiger partial charge in [0.1, 0.15) is 18.1 Å². The highest BCUT2D eigenvalue weighted by Gasteiger charge is 2.39. The van der Waals surface area contributed by atoms with Crippen molar-refractivity contribution in [2.45, 2.75) is 0 Å². The normalized spacial score (nSPS) is 22.3. The Morgan fingerprint density at radius 2 is 2.07 bits per heavy atom. The zero-order chi connectivity index (χ0) is 18.8. The van der Waals surface area contributed by atoms with Crippen LogP contribution in [0.15, 0.2) is 42.2 Å². The van der Waals surface area contributed by atoms with E-state index in [4.69, 9.17) is 15.2 Å². The molecule has 1 aromatic heterocycles. The number of fused-ring (bicyclic) bond motifs is 2. The van der Waals surface area contributed by atoms with Crippen LogP contribution >= 0.6 is 0 Å². The minimum Gasteiger partial charge on any atom is -0.489 e. The average Bonchev–Trinajstić information content (AvgIpc) is 3.30. The molecule has 1 amide bonds. The fourth-order valence-electron chi connectivity index (χ4n) is 3.64. The summed E-state index contributed by atoms with van der Waals surface area (Å²) < 4.78 is 23.6. The lowest BCUT2D eigenvalue weighted by Crippen LogP contribution is -2.30. The van der Waals surface area contributed by atoms with E-state index in [2.05, 4.69) is 4.98 Å². The Labute approximate surface area is 156 Å². The van der Waals surface area contributed by atoms with Crippen LogP contribution in [0, 0.1) is 11.8 Å². The number of hydrogen-bond donors (Lipinski definition) is 1. The highest BCUT2D eigenvalue weighted by Crippen LogP contribution is 2.30. The van der Waals surface area contributed by atoms with Crippen LogP contribution in [0.2, 0.25) is 0 Å². The first kappa shape index (κ1) is 17.9. The molecule has 2 N–H and O–H groups in total. The first-order valence-corrected chi connectivity index (χ1v) is 9.06. The monoisotopic (exact) mass is 371 g/mol. The first-order valence-electron chi connectivity index (χ1n) is 9.06. The summed E-state index contributed by atoms with van der Waals surface area (Å²) in [4.78, 5) is 19.2. The molecule has 7 heteroatoms. The number of amides is 1. The SMILES string of the molecule is NC/C(=C\F)COc1ccc2nc(C(=O)N3CC4COCC4C3)ccc2c1. The first-order chi connectivity index (χ1) is 13.2. The number of carbonyl (C=O) groups is 1. The molecular formula is C20H22FN3O3. The van der Waals surface area contributed by atoms with Gasteiger partial charge >= 0.3 is 0 Å². The van der Waals surface area contributed by atoms with Gasteiger partial charge in [-0.15, -0.1) is 0 Å². The molecule has 0 spiro atoms. The molecule has 3 heterocycles. The van der Waals surface area contributed by atoms with E-state index in [-0.39, 0.29) is 19.1 Å². The molecule has 0 bridgehead atoms. The van der Waals surface area contributed by atoms with Gasteiger partial charge in [0.05, 0.1) is 25.1 Å². The molecular weight excluding hydrogens is 349 g/mol. The second-order valence-corrected chi connectivity index (χ2v) is 7.08. The van der Waals surface area contributed by atoms with Gasteiger partial charge < -0.3 is 20.1 Å². The Balaban J connectivity index is 1.48. The van der Waals surface area contributed by atoms with Crippen molar-refractivity contribution in [3.8, 4) is 5.75 Å². The summed E-state index contributed by atoms with van der Waals surface area (Å²) >= 11 is 0. The van der Waals surface area contributed by atoms with E-state index < -0.39 is 0 Å². The van der Waals surface area contributed by atoms with E-state index in [9.17, 15) is 9.18 Å². The summed E-state index contributed by atoms with van der Waals surface area (Å²) in [6.45, 7) is 3.17. The van der Waals surface area contributed by atoms with Crippen molar-refractivity contribution in [1.82, 2.24) is 9.88 Å². The Morgan fingerprint density at radius 3 is 2.78 bits per heavy atom. The molecule has 2 unspecified atom stereocenters. The van der Waals surface area contributed by atoms with Crippen molar-refractivity contribution in [2.24, 2.45) is 17.6 Å². The number of benzene rings is 1. The van der Waals surface area contributed by atoms with Gasteiger partial charge in [-0.05, 0) is 24.3 Å². The molecule has 27 heavy (non-hydrogen) atoms. The third-order valence-electron chi connectivity index (χ3n) is 5.25. The summed E-state index contributed by atoms with van der Waals surface area (Å²) in [6.07, 6.45) is 0.471. The van der Waals surface area contributed by atoms with E-state index in [0.29, 0.717) is 35.2 Å². The molecule has 0 aliphatic carbocycles. The molecule has 2 aliphatic rings. The number of aromatic nitrogens is 1. The third kappa shape index (κ3) is 3.65. The lowest BCUT2D eigenvalue weighted by atomic mass is 10.0. The molecule has 2 fully saturated rings. The third-order valence-corrected chi connectivity index (χ3v) is 5.25. The standard InChI is InChI=1S/C20H22FN3O3/c21-6-13(7-22)10-27-17-2-4-18-14(5-17)1-3-19(23-18)20(25)24-8-15-11-26-12-16(15)9-24/h1-6,15-16H,7-12,22H2/b13-6+. The minimum absolute atomic E-state index is 0.0349. The van der Waals surface area contributed by atoms with E-state index in [1.807, 2.05) is 17.0 Å². The molecule has 2 atom stereocenters. The number of ether oxygens (including phenoxy) is 2. The molecule has 4 rings (SSSR count). The number of nitrogens with two attached hydrogens (primary N) is 1. The largest absolute Gasteiger partial charge is 0.489 e. The van der Waals surface area contributed by atoms with Gasteiger partial charge in [-0.25, -0.2) is 9.37 Å². The number of pyridine rings is 1. The second-order valence-electron chi connectivity index (χ2n) is 7.08. The minimum atomic E-state index is -0.0349. The lowest BCUT2D eigenvalue weighted by Gasteiger charge is -2.17. The zero-order valence-electron chi connectivity index (χ0n) is 14.9. The Hall–Kier alpha value is -2.51.